The number of ether oxygens (including phenoxy) is 1. The Balaban J connectivity index is 1.77. The maximum absolute atomic E-state index is 11.9. The van der Waals surface area contributed by atoms with E-state index in [1.54, 1.807) is 0 Å². The highest BCUT2D eigenvalue weighted by molar-refractivity contribution is 5.77. The number of hydrogen-bond acceptors (Lipinski definition) is 4. The first-order chi connectivity index (χ1) is 11.3. The number of unbranched alkanes of at least 4 members (excludes halogenated alkanes) is 2. The minimum Gasteiger partial charge on any atom is -0.372 e. The SMILES string of the molecule is CCCCCOCC(=O)NCc1cccnc1N1CCCCC1. The molecule has 0 bridgehead atoms. The first-order valence-electron chi connectivity index (χ1n) is 8.84. The van der Waals surface area contributed by atoms with Gasteiger partial charge < -0.3 is 15.0 Å². The van der Waals surface area contributed by atoms with Crippen LogP contribution in [0.3, 0.4) is 0 Å². The first kappa shape index (κ1) is 17.7. The summed E-state index contributed by atoms with van der Waals surface area (Å²) < 4.78 is 5.39. The Labute approximate surface area is 139 Å². The van der Waals surface area contributed by atoms with Gasteiger partial charge in [-0.25, -0.2) is 4.98 Å². The molecule has 1 N–H and O–H groups in total. The summed E-state index contributed by atoms with van der Waals surface area (Å²) in [6.07, 6.45) is 8.89. The fraction of sp³-hybridized carbons (Fsp3) is 0.667. The number of amides is 1. The highest BCUT2D eigenvalue weighted by atomic mass is 16.5. The normalized spacial score (nSPS) is 14.7. The Kier molecular flexibility index (Phi) is 7.87. The largest absolute Gasteiger partial charge is 0.372 e. The van der Waals surface area contributed by atoms with Gasteiger partial charge in [-0.3, -0.25) is 4.79 Å². The number of nitrogens with one attached hydrogen (secondary N) is 1. The highest BCUT2D eigenvalue weighted by Gasteiger charge is 2.15. The van der Waals surface area contributed by atoms with Crippen LogP contribution >= 0.6 is 0 Å². The Hall–Kier alpha value is -1.62. The molecular weight excluding hydrogens is 290 g/mol. The summed E-state index contributed by atoms with van der Waals surface area (Å²) in [5.41, 5.74) is 1.08. The van der Waals surface area contributed by atoms with Crippen molar-refractivity contribution in [1.29, 1.82) is 0 Å². The molecule has 5 heteroatoms. The second-order valence-electron chi connectivity index (χ2n) is 6.07. The number of carbonyl (C=O) groups is 1. The topological polar surface area (TPSA) is 54.5 Å². The summed E-state index contributed by atoms with van der Waals surface area (Å²) in [4.78, 5) is 18.7. The molecule has 1 amide bonds. The molecule has 2 rings (SSSR count). The molecule has 1 aromatic rings. The predicted molar refractivity (Wildman–Crippen MR) is 92.5 cm³/mol. The van der Waals surface area contributed by atoms with Crippen LogP contribution in [0.5, 0.6) is 0 Å². The third-order valence-electron chi connectivity index (χ3n) is 4.12. The van der Waals surface area contributed by atoms with E-state index in [0.29, 0.717) is 13.2 Å². The predicted octanol–water partition coefficient (Wildman–Crippen LogP) is 2.89. The van der Waals surface area contributed by atoms with Gasteiger partial charge in [0.25, 0.3) is 0 Å². The molecule has 0 unspecified atom stereocenters. The lowest BCUT2D eigenvalue weighted by Gasteiger charge is -2.29. The lowest BCUT2D eigenvalue weighted by Crippen LogP contribution is -2.33. The van der Waals surface area contributed by atoms with Crippen LogP contribution in [0.2, 0.25) is 0 Å². The van der Waals surface area contributed by atoms with E-state index in [4.69, 9.17) is 4.74 Å². The first-order valence-corrected chi connectivity index (χ1v) is 8.84. The Morgan fingerprint density at radius 2 is 2.13 bits per heavy atom. The van der Waals surface area contributed by atoms with Crippen molar-refractivity contribution in [3.05, 3.63) is 23.9 Å². The van der Waals surface area contributed by atoms with Crippen LogP contribution in [0.1, 0.15) is 51.0 Å². The van der Waals surface area contributed by atoms with E-state index >= 15 is 0 Å². The standard InChI is InChI=1S/C18H29N3O2/c1-2-3-7-13-23-15-17(22)20-14-16-9-8-10-19-18(16)21-11-5-4-6-12-21/h8-10H,2-7,11-15H2,1H3,(H,20,22). The van der Waals surface area contributed by atoms with Gasteiger partial charge in [-0.2, -0.15) is 0 Å². The number of hydrogen-bond donors (Lipinski definition) is 1. The molecule has 0 spiro atoms. The van der Waals surface area contributed by atoms with Crippen LogP contribution in [0.25, 0.3) is 0 Å². The molecular formula is C18H29N3O2. The van der Waals surface area contributed by atoms with E-state index in [1.165, 1.54) is 19.3 Å². The van der Waals surface area contributed by atoms with Crippen molar-refractivity contribution in [2.24, 2.45) is 0 Å². The Morgan fingerprint density at radius 1 is 1.30 bits per heavy atom. The summed E-state index contributed by atoms with van der Waals surface area (Å²) in [5, 5.41) is 2.94. The summed E-state index contributed by atoms with van der Waals surface area (Å²) in [7, 11) is 0. The van der Waals surface area contributed by atoms with Crippen molar-refractivity contribution in [3.63, 3.8) is 0 Å². The molecule has 0 radical (unpaired) electrons. The molecule has 23 heavy (non-hydrogen) atoms. The van der Waals surface area contributed by atoms with Crippen molar-refractivity contribution >= 4 is 11.7 Å². The zero-order valence-corrected chi connectivity index (χ0v) is 14.2. The molecule has 1 saturated heterocycles. The molecule has 128 valence electrons. The molecule has 0 aliphatic carbocycles. The maximum atomic E-state index is 11.9. The maximum Gasteiger partial charge on any atom is 0.246 e. The second-order valence-corrected chi connectivity index (χ2v) is 6.07. The van der Waals surface area contributed by atoms with Gasteiger partial charge in [-0.1, -0.05) is 25.8 Å². The number of pyridine rings is 1. The molecule has 0 atom stereocenters. The molecule has 1 aromatic heterocycles. The minimum atomic E-state index is -0.0602. The van der Waals surface area contributed by atoms with Crippen molar-refractivity contribution in [1.82, 2.24) is 10.3 Å². The van der Waals surface area contributed by atoms with Gasteiger partial charge in [0.15, 0.2) is 0 Å². The molecule has 5 nitrogen and oxygen atoms in total. The number of rotatable bonds is 9. The lowest BCUT2D eigenvalue weighted by atomic mass is 10.1. The molecule has 0 saturated carbocycles. The second kappa shape index (κ2) is 10.2. The summed E-state index contributed by atoms with van der Waals surface area (Å²) in [6, 6.07) is 3.97. The number of anilines is 1. The third kappa shape index (κ3) is 6.18. The summed E-state index contributed by atoms with van der Waals surface area (Å²) in [5.74, 6) is 0.950. The Bertz CT molecular complexity index is 473. The van der Waals surface area contributed by atoms with Crippen LogP contribution in [0.4, 0.5) is 5.82 Å². The average Bonchev–Trinajstić information content (AvgIpc) is 2.61. The number of aromatic nitrogens is 1. The van der Waals surface area contributed by atoms with Crippen molar-refractivity contribution in [2.75, 3.05) is 31.2 Å². The van der Waals surface area contributed by atoms with E-state index < -0.39 is 0 Å². The van der Waals surface area contributed by atoms with Crippen molar-refractivity contribution < 1.29 is 9.53 Å². The zero-order chi connectivity index (χ0) is 16.3. The van der Waals surface area contributed by atoms with E-state index in [9.17, 15) is 4.79 Å². The smallest absolute Gasteiger partial charge is 0.246 e. The minimum absolute atomic E-state index is 0.0602. The van der Waals surface area contributed by atoms with E-state index in [-0.39, 0.29) is 12.5 Å². The number of piperidine rings is 1. The van der Waals surface area contributed by atoms with Gasteiger partial charge in [-0.05, 0) is 31.7 Å². The zero-order valence-electron chi connectivity index (χ0n) is 14.2. The van der Waals surface area contributed by atoms with Gasteiger partial charge in [0.05, 0.1) is 0 Å². The number of nitrogens with zero attached hydrogens (tertiary/aromatic N) is 2. The van der Waals surface area contributed by atoms with Gasteiger partial charge in [0.1, 0.15) is 12.4 Å². The average molecular weight is 319 g/mol. The van der Waals surface area contributed by atoms with E-state index in [0.717, 1.165) is 43.7 Å². The quantitative estimate of drug-likeness (QED) is 0.711. The van der Waals surface area contributed by atoms with Crippen LogP contribution in [-0.2, 0) is 16.1 Å². The number of carbonyl (C=O) groups excluding carboxylic acids is 1. The van der Waals surface area contributed by atoms with Crippen molar-refractivity contribution in [3.8, 4) is 0 Å². The third-order valence-corrected chi connectivity index (χ3v) is 4.12. The monoisotopic (exact) mass is 319 g/mol. The molecule has 1 aliphatic heterocycles. The molecule has 1 fully saturated rings. The molecule has 0 aromatic carbocycles. The van der Waals surface area contributed by atoms with Gasteiger partial charge >= 0.3 is 0 Å². The highest BCUT2D eigenvalue weighted by Crippen LogP contribution is 2.21. The van der Waals surface area contributed by atoms with Crippen LogP contribution < -0.4 is 10.2 Å². The van der Waals surface area contributed by atoms with Gasteiger partial charge in [-0.15, -0.1) is 0 Å². The fourth-order valence-corrected chi connectivity index (χ4v) is 2.82. The van der Waals surface area contributed by atoms with Crippen molar-refractivity contribution in [2.45, 2.75) is 52.0 Å². The molecule has 1 aliphatic rings. The van der Waals surface area contributed by atoms with Crippen LogP contribution in [-0.4, -0.2) is 37.2 Å². The van der Waals surface area contributed by atoms with Crippen LogP contribution in [0, 0.1) is 0 Å². The van der Waals surface area contributed by atoms with Gasteiger partial charge in [0.2, 0.25) is 5.91 Å². The van der Waals surface area contributed by atoms with E-state index in [1.807, 2.05) is 18.3 Å². The fourth-order valence-electron chi connectivity index (χ4n) is 2.82. The van der Waals surface area contributed by atoms with Gasteiger partial charge in [0, 0.05) is 38.0 Å². The summed E-state index contributed by atoms with van der Waals surface area (Å²) in [6.45, 7) is 5.57. The summed E-state index contributed by atoms with van der Waals surface area (Å²) >= 11 is 0. The lowest BCUT2D eigenvalue weighted by molar-refractivity contribution is -0.125. The van der Waals surface area contributed by atoms with E-state index in [2.05, 4.69) is 22.1 Å². The molecule has 2 heterocycles. The Morgan fingerprint density at radius 3 is 2.91 bits per heavy atom. The van der Waals surface area contributed by atoms with Crippen LogP contribution in [0.15, 0.2) is 18.3 Å².